The lowest BCUT2D eigenvalue weighted by Gasteiger charge is -2.35. The minimum absolute atomic E-state index is 0.0555. The van der Waals surface area contributed by atoms with E-state index in [2.05, 4.69) is 5.32 Å². The number of amides is 2. The van der Waals surface area contributed by atoms with Crippen LogP contribution in [0.3, 0.4) is 0 Å². The van der Waals surface area contributed by atoms with Crippen molar-refractivity contribution < 1.29 is 32.1 Å². The first-order valence-electron chi connectivity index (χ1n) is 14.0. The molecule has 3 aromatic rings. The average Bonchev–Trinajstić information content (AvgIpc) is 2.95. The third kappa shape index (κ3) is 8.70. The number of nitrogens with one attached hydrogen (secondary N) is 1. The van der Waals surface area contributed by atoms with E-state index in [9.17, 15) is 32.5 Å². The van der Waals surface area contributed by atoms with Gasteiger partial charge in [0.2, 0.25) is 11.8 Å². The highest BCUT2D eigenvalue weighted by molar-refractivity contribution is 7.92. The van der Waals surface area contributed by atoms with E-state index < -0.39 is 61.3 Å². The van der Waals surface area contributed by atoms with Gasteiger partial charge in [0.25, 0.3) is 15.7 Å². The molecule has 11 nitrogen and oxygen atoms in total. The zero-order valence-electron chi connectivity index (χ0n) is 25.8. The molecule has 0 unspecified atom stereocenters. The number of anilines is 1. The molecule has 3 rings (SSSR count). The number of methoxy groups -OCH3 is 1. The number of nitrogens with zero attached hydrogens (tertiary/aromatic N) is 3. The summed E-state index contributed by atoms with van der Waals surface area (Å²) in [6, 6.07) is 11.9. The van der Waals surface area contributed by atoms with Gasteiger partial charge in [0.05, 0.1) is 22.6 Å². The third-order valence-electron chi connectivity index (χ3n) is 6.80. The molecule has 0 saturated carbocycles. The highest BCUT2D eigenvalue weighted by Crippen LogP contribution is 2.36. The Morgan fingerprint density at radius 2 is 1.73 bits per heavy atom. The van der Waals surface area contributed by atoms with E-state index in [-0.39, 0.29) is 35.0 Å². The zero-order chi connectivity index (χ0) is 33.7. The van der Waals surface area contributed by atoms with Crippen LogP contribution >= 0.6 is 11.6 Å². The van der Waals surface area contributed by atoms with Crippen LogP contribution in [-0.2, 0) is 26.2 Å². The maximum absolute atomic E-state index is 14.2. The lowest BCUT2D eigenvalue weighted by Crippen LogP contribution is -2.55. The van der Waals surface area contributed by atoms with Gasteiger partial charge in [0.1, 0.15) is 24.2 Å². The molecule has 45 heavy (non-hydrogen) atoms. The molecule has 0 aromatic heterocycles. The summed E-state index contributed by atoms with van der Waals surface area (Å²) in [5.74, 6) is -1.68. The summed E-state index contributed by atoms with van der Waals surface area (Å²) in [4.78, 5) is 39.4. The topological polar surface area (TPSA) is 139 Å². The number of benzene rings is 3. The van der Waals surface area contributed by atoms with Gasteiger partial charge in [-0.1, -0.05) is 36.7 Å². The van der Waals surface area contributed by atoms with Crippen LogP contribution in [0.1, 0.15) is 45.2 Å². The first-order valence-corrected chi connectivity index (χ1v) is 15.8. The molecule has 0 bridgehead atoms. The molecule has 0 aliphatic carbocycles. The molecule has 0 saturated heterocycles. The number of carbonyl (C=O) groups excluding carboxylic acids is 2. The van der Waals surface area contributed by atoms with Crippen molar-refractivity contribution in [3.63, 3.8) is 0 Å². The van der Waals surface area contributed by atoms with Crippen molar-refractivity contribution in [2.45, 2.75) is 64.1 Å². The average molecular weight is 663 g/mol. The third-order valence-corrected chi connectivity index (χ3v) is 8.79. The van der Waals surface area contributed by atoms with Gasteiger partial charge < -0.3 is 15.0 Å². The summed E-state index contributed by atoms with van der Waals surface area (Å²) in [7, 11) is -3.37. The fraction of sp³-hybridized carbons (Fsp3) is 0.355. The van der Waals surface area contributed by atoms with E-state index in [1.807, 2.05) is 0 Å². The Labute approximate surface area is 267 Å². The van der Waals surface area contributed by atoms with Gasteiger partial charge in [0.15, 0.2) is 0 Å². The standard InChI is InChI=1S/C31H36ClFN4O7S/c1-7-25(30(39)34-31(3,4)5)35(18-21-9-12-23(33)13-10-21)29(38)19-36(27-16-22(32)11-15-28(27)44-6)45(42,43)24-14-8-20(2)26(17-24)37(40)41/h8-17,25H,7,18-19H2,1-6H3,(H,34,39)/t25-/m0/s1. The number of halogens is 2. The number of aryl methyl sites for hydroxylation is 1. The van der Waals surface area contributed by atoms with Crippen molar-refractivity contribution in [3.8, 4) is 5.75 Å². The Hall–Kier alpha value is -4.23. The minimum atomic E-state index is -4.67. The van der Waals surface area contributed by atoms with Crippen molar-refractivity contribution in [1.82, 2.24) is 10.2 Å². The SMILES string of the molecule is CC[C@@H](C(=O)NC(C)(C)C)N(Cc1ccc(F)cc1)C(=O)CN(c1cc(Cl)ccc1OC)S(=O)(=O)c1ccc(C)c([N+](=O)[O-])c1. The zero-order valence-corrected chi connectivity index (χ0v) is 27.4. The van der Waals surface area contributed by atoms with Crippen LogP contribution in [0, 0.1) is 22.9 Å². The lowest BCUT2D eigenvalue weighted by atomic mass is 10.1. The molecule has 1 N–H and O–H groups in total. The number of sulfonamides is 1. The predicted molar refractivity (Wildman–Crippen MR) is 169 cm³/mol. The maximum atomic E-state index is 14.2. The molecule has 0 radical (unpaired) electrons. The quantitative estimate of drug-likeness (QED) is 0.196. The highest BCUT2D eigenvalue weighted by Gasteiger charge is 2.36. The Balaban J connectivity index is 2.20. The summed E-state index contributed by atoms with van der Waals surface area (Å²) < 4.78 is 48.3. The van der Waals surface area contributed by atoms with Crippen molar-refractivity contribution in [3.05, 3.63) is 92.7 Å². The molecule has 0 aliphatic heterocycles. The predicted octanol–water partition coefficient (Wildman–Crippen LogP) is 5.62. The number of carbonyl (C=O) groups is 2. The van der Waals surface area contributed by atoms with Crippen LogP contribution < -0.4 is 14.4 Å². The van der Waals surface area contributed by atoms with Crippen LogP contribution in [0.5, 0.6) is 5.75 Å². The number of rotatable bonds is 12. The van der Waals surface area contributed by atoms with E-state index in [1.165, 1.54) is 73.5 Å². The monoisotopic (exact) mass is 662 g/mol. The van der Waals surface area contributed by atoms with Gasteiger partial charge in [0, 0.05) is 28.7 Å². The normalized spacial score (nSPS) is 12.3. The molecule has 0 heterocycles. The Morgan fingerprint density at radius 3 is 2.29 bits per heavy atom. The number of hydrogen-bond donors (Lipinski definition) is 1. The number of nitro groups is 1. The number of ether oxygens (including phenoxy) is 1. The summed E-state index contributed by atoms with van der Waals surface area (Å²) in [5, 5.41) is 14.7. The van der Waals surface area contributed by atoms with E-state index >= 15 is 0 Å². The molecule has 242 valence electrons. The number of hydrogen-bond acceptors (Lipinski definition) is 7. The van der Waals surface area contributed by atoms with Crippen LogP contribution in [0.15, 0.2) is 65.6 Å². The van der Waals surface area contributed by atoms with Gasteiger partial charge in [-0.3, -0.25) is 24.0 Å². The molecule has 3 aromatic carbocycles. The molecular formula is C31H36ClFN4O7S. The Kier molecular flexibility index (Phi) is 11.2. The largest absolute Gasteiger partial charge is 0.495 e. The Morgan fingerprint density at radius 1 is 1.09 bits per heavy atom. The van der Waals surface area contributed by atoms with E-state index in [1.54, 1.807) is 27.7 Å². The second-order valence-electron chi connectivity index (χ2n) is 11.3. The fourth-order valence-electron chi connectivity index (χ4n) is 4.60. The molecule has 1 atom stereocenters. The van der Waals surface area contributed by atoms with E-state index in [0.29, 0.717) is 5.56 Å². The second kappa shape index (κ2) is 14.2. The Bertz CT molecular complexity index is 1680. The van der Waals surface area contributed by atoms with Crippen molar-refractivity contribution in [1.29, 1.82) is 0 Å². The molecule has 0 aliphatic rings. The summed E-state index contributed by atoms with van der Waals surface area (Å²) in [5.41, 5.74) is -0.434. The fourth-order valence-corrected chi connectivity index (χ4v) is 6.21. The lowest BCUT2D eigenvalue weighted by molar-refractivity contribution is -0.385. The molecule has 14 heteroatoms. The van der Waals surface area contributed by atoms with E-state index in [0.717, 1.165) is 10.4 Å². The van der Waals surface area contributed by atoms with Gasteiger partial charge in [-0.15, -0.1) is 0 Å². The van der Waals surface area contributed by atoms with Crippen molar-refractivity contribution in [2.75, 3.05) is 18.0 Å². The van der Waals surface area contributed by atoms with Crippen molar-refractivity contribution >= 4 is 44.8 Å². The van der Waals surface area contributed by atoms with Crippen LogP contribution in [0.25, 0.3) is 0 Å². The second-order valence-corrected chi connectivity index (χ2v) is 13.6. The molecular weight excluding hydrogens is 627 g/mol. The van der Waals surface area contributed by atoms with Gasteiger partial charge in [-0.05, 0) is 76.1 Å². The van der Waals surface area contributed by atoms with Crippen LogP contribution in [-0.4, -0.2) is 55.3 Å². The summed E-state index contributed by atoms with van der Waals surface area (Å²) >= 11 is 6.25. The van der Waals surface area contributed by atoms with E-state index in [4.69, 9.17) is 16.3 Å². The molecule has 0 fully saturated rings. The van der Waals surface area contributed by atoms with Crippen molar-refractivity contribution in [2.24, 2.45) is 0 Å². The molecule has 2 amide bonds. The van der Waals surface area contributed by atoms with Crippen LogP contribution in [0.2, 0.25) is 5.02 Å². The van der Waals surface area contributed by atoms with Crippen LogP contribution in [0.4, 0.5) is 15.8 Å². The van der Waals surface area contributed by atoms with Gasteiger partial charge in [-0.2, -0.15) is 0 Å². The maximum Gasteiger partial charge on any atom is 0.273 e. The first kappa shape index (κ1) is 35.3. The molecule has 0 spiro atoms. The first-order chi connectivity index (χ1) is 21.0. The van der Waals surface area contributed by atoms with Gasteiger partial charge in [-0.25, -0.2) is 12.8 Å². The summed E-state index contributed by atoms with van der Waals surface area (Å²) in [6.45, 7) is 7.54. The minimum Gasteiger partial charge on any atom is -0.495 e. The summed E-state index contributed by atoms with van der Waals surface area (Å²) in [6.07, 6.45) is 0.173. The smallest absolute Gasteiger partial charge is 0.273 e. The number of nitro benzene ring substituents is 1. The highest BCUT2D eigenvalue weighted by atomic mass is 35.5. The van der Waals surface area contributed by atoms with Gasteiger partial charge >= 0.3 is 0 Å².